The Kier molecular flexibility index (Phi) is 7.01. The van der Waals surface area contributed by atoms with Gasteiger partial charge in [-0.15, -0.1) is 0 Å². The molecular formula is C18H31N3. The van der Waals surface area contributed by atoms with Gasteiger partial charge in [0.05, 0.1) is 0 Å². The maximum absolute atomic E-state index is 4.32. The van der Waals surface area contributed by atoms with E-state index >= 15 is 0 Å². The van der Waals surface area contributed by atoms with E-state index < -0.39 is 0 Å². The van der Waals surface area contributed by atoms with Crippen molar-refractivity contribution in [3.05, 3.63) is 24.0 Å². The van der Waals surface area contributed by atoms with Crippen LogP contribution in [0, 0.1) is 5.92 Å². The van der Waals surface area contributed by atoms with E-state index in [4.69, 9.17) is 0 Å². The van der Waals surface area contributed by atoms with E-state index in [2.05, 4.69) is 35.1 Å². The lowest BCUT2D eigenvalue weighted by Crippen LogP contribution is -2.26. The number of nitrogens with one attached hydrogen (secondary N) is 1. The van der Waals surface area contributed by atoms with Gasteiger partial charge in [0.1, 0.15) is 0 Å². The quantitative estimate of drug-likeness (QED) is 0.769. The molecule has 1 aliphatic rings. The van der Waals surface area contributed by atoms with E-state index in [1.165, 1.54) is 62.9 Å². The maximum atomic E-state index is 4.32. The summed E-state index contributed by atoms with van der Waals surface area (Å²) in [5.74, 6) is 0.934. The van der Waals surface area contributed by atoms with E-state index in [9.17, 15) is 0 Å². The molecule has 1 unspecified atom stereocenters. The zero-order valence-electron chi connectivity index (χ0n) is 13.8. The smallest absolute Gasteiger partial charge is 0.0442 e. The van der Waals surface area contributed by atoms with Crippen LogP contribution in [0.25, 0.3) is 0 Å². The molecule has 0 amide bonds. The molecule has 3 nitrogen and oxygen atoms in total. The third-order valence-corrected chi connectivity index (χ3v) is 4.51. The Morgan fingerprint density at radius 2 is 2.14 bits per heavy atom. The van der Waals surface area contributed by atoms with E-state index in [0.29, 0.717) is 0 Å². The lowest BCUT2D eigenvalue weighted by atomic mass is 9.96. The molecule has 0 spiro atoms. The first kappa shape index (κ1) is 16.3. The minimum Gasteiger partial charge on any atom is -0.371 e. The molecule has 1 aliphatic heterocycles. The van der Waals surface area contributed by atoms with Crippen molar-refractivity contribution in [3.8, 4) is 0 Å². The number of pyridine rings is 1. The summed E-state index contributed by atoms with van der Waals surface area (Å²) in [6.45, 7) is 8.93. The predicted octanol–water partition coefficient (Wildman–Crippen LogP) is 3.99. The van der Waals surface area contributed by atoms with Crippen LogP contribution in [-0.4, -0.2) is 24.6 Å². The average Bonchev–Trinajstić information content (AvgIpc) is 2.74. The van der Waals surface area contributed by atoms with E-state index in [-0.39, 0.29) is 0 Å². The number of hydrogen-bond acceptors (Lipinski definition) is 3. The fourth-order valence-corrected chi connectivity index (χ4v) is 3.37. The fourth-order valence-electron chi connectivity index (χ4n) is 3.37. The van der Waals surface area contributed by atoms with Crippen molar-refractivity contribution >= 4 is 5.69 Å². The van der Waals surface area contributed by atoms with Crippen LogP contribution in [0.2, 0.25) is 0 Å². The lowest BCUT2D eigenvalue weighted by Gasteiger charge is -2.25. The van der Waals surface area contributed by atoms with Crippen molar-refractivity contribution in [1.82, 2.24) is 10.3 Å². The van der Waals surface area contributed by atoms with Crippen molar-refractivity contribution in [3.63, 3.8) is 0 Å². The Labute approximate surface area is 130 Å². The van der Waals surface area contributed by atoms with Crippen LogP contribution in [-0.2, 0) is 6.54 Å². The standard InChI is InChI=1S/C18H31N3/c1-3-6-16-7-5-12-21(13-9-16)18-8-11-20-15-17(18)14-19-10-4-2/h8,11,15-16,19H,3-7,9-10,12-14H2,1-2H3. The third kappa shape index (κ3) is 4.99. The van der Waals surface area contributed by atoms with Gasteiger partial charge in [-0.3, -0.25) is 4.98 Å². The zero-order chi connectivity index (χ0) is 14.9. The van der Waals surface area contributed by atoms with Gasteiger partial charge in [-0.05, 0) is 44.2 Å². The maximum Gasteiger partial charge on any atom is 0.0442 e. The summed E-state index contributed by atoms with van der Waals surface area (Å²) in [4.78, 5) is 6.90. The molecule has 1 N–H and O–H groups in total. The Bertz CT molecular complexity index is 405. The van der Waals surface area contributed by atoms with E-state index in [0.717, 1.165) is 19.0 Å². The molecule has 2 rings (SSSR count). The molecule has 21 heavy (non-hydrogen) atoms. The first-order chi connectivity index (χ1) is 10.3. The summed E-state index contributed by atoms with van der Waals surface area (Å²) >= 11 is 0. The molecule has 118 valence electrons. The van der Waals surface area contributed by atoms with Crippen molar-refractivity contribution in [2.45, 2.75) is 58.9 Å². The molecule has 3 heteroatoms. The third-order valence-electron chi connectivity index (χ3n) is 4.51. The van der Waals surface area contributed by atoms with Crippen LogP contribution in [0.5, 0.6) is 0 Å². The summed E-state index contributed by atoms with van der Waals surface area (Å²) in [6.07, 6.45) is 11.9. The second kappa shape index (κ2) is 9.04. The Balaban J connectivity index is 2.00. The van der Waals surface area contributed by atoms with Gasteiger partial charge < -0.3 is 10.2 Å². The molecule has 0 bridgehead atoms. The minimum absolute atomic E-state index is 0.934. The number of aromatic nitrogens is 1. The topological polar surface area (TPSA) is 28.2 Å². The highest BCUT2D eigenvalue weighted by molar-refractivity contribution is 5.52. The number of hydrogen-bond donors (Lipinski definition) is 1. The molecule has 0 aliphatic carbocycles. The van der Waals surface area contributed by atoms with Gasteiger partial charge in [-0.25, -0.2) is 0 Å². The molecule has 0 radical (unpaired) electrons. The van der Waals surface area contributed by atoms with Crippen LogP contribution in [0.4, 0.5) is 5.69 Å². The summed E-state index contributed by atoms with van der Waals surface area (Å²) < 4.78 is 0. The van der Waals surface area contributed by atoms with Gasteiger partial charge in [0, 0.05) is 43.3 Å². The summed E-state index contributed by atoms with van der Waals surface area (Å²) in [6, 6.07) is 2.20. The van der Waals surface area contributed by atoms with E-state index in [1.54, 1.807) is 0 Å². The number of rotatable bonds is 7. The van der Waals surface area contributed by atoms with Gasteiger partial charge in [0.15, 0.2) is 0 Å². The normalized spacial score (nSPS) is 19.5. The van der Waals surface area contributed by atoms with Crippen LogP contribution in [0.1, 0.15) is 57.9 Å². The summed E-state index contributed by atoms with van der Waals surface area (Å²) in [5.41, 5.74) is 2.74. The van der Waals surface area contributed by atoms with Gasteiger partial charge in [-0.1, -0.05) is 26.7 Å². The second-order valence-corrected chi connectivity index (χ2v) is 6.25. The average molecular weight is 289 g/mol. The van der Waals surface area contributed by atoms with Crippen LogP contribution < -0.4 is 10.2 Å². The fraction of sp³-hybridized carbons (Fsp3) is 0.722. The van der Waals surface area contributed by atoms with Gasteiger partial charge in [0.25, 0.3) is 0 Å². The van der Waals surface area contributed by atoms with Gasteiger partial charge in [0.2, 0.25) is 0 Å². The van der Waals surface area contributed by atoms with Crippen molar-refractivity contribution < 1.29 is 0 Å². The highest BCUT2D eigenvalue weighted by Gasteiger charge is 2.18. The van der Waals surface area contributed by atoms with Crippen molar-refractivity contribution in [1.29, 1.82) is 0 Å². The number of anilines is 1. The molecule has 1 fully saturated rings. The minimum atomic E-state index is 0.934. The highest BCUT2D eigenvalue weighted by atomic mass is 15.1. The zero-order valence-corrected chi connectivity index (χ0v) is 13.8. The first-order valence-corrected chi connectivity index (χ1v) is 8.73. The molecule has 1 aromatic rings. The van der Waals surface area contributed by atoms with Gasteiger partial charge in [-0.2, -0.15) is 0 Å². The molecule has 1 saturated heterocycles. The van der Waals surface area contributed by atoms with Crippen molar-refractivity contribution in [2.75, 3.05) is 24.5 Å². The van der Waals surface area contributed by atoms with Crippen molar-refractivity contribution in [2.24, 2.45) is 5.92 Å². The molecule has 0 aromatic carbocycles. The SMILES string of the molecule is CCCNCc1cnccc1N1CCCC(CCC)CC1. The monoisotopic (exact) mass is 289 g/mol. The first-order valence-electron chi connectivity index (χ1n) is 8.73. The molecule has 1 atom stereocenters. The summed E-state index contributed by atoms with van der Waals surface area (Å²) in [5, 5.41) is 3.51. The van der Waals surface area contributed by atoms with Crippen LogP contribution in [0.3, 0.4) is 0 Å². The summed E-state index contributed by atoms with van der Waals surface area (Å²) in [7, 11) is 0. The largest absolute Gasteiger partial charge is 0.371 e. The van der Waals surface area contributed by atoms with Crippen LogP contribution >= 0.6 is 0 Å². The molecule has 0 saturated carbocycles. The predicted molar refractivity (Wildman–Crippen MR) is 90.7 cm³/mol. The van der Waals surface area contributed by atoms with Crippen LogP contribution in [0.15, 0.2) is 18.5 Å². The highest BCUT2D eigenvalue weighted by Crippen LogP contribution is 2.27. The van der Waals surface area contributed by atoms with Gasteiger partial charge >= 0.3 is 0 Å². The molecule has 2 heterocycles. The number of nitrogens with zero attached hydrogens (tertiary/aromatic N) is 2. The Hall–Kier alpha value is -1.09. The molecular weight excluding hydrogens is 258 g/mol. The Morgan fingerprint density at radius 3 is 2.95 bits per heavy atom. The van der Waals surface area contributed by atoms with E-state index in [1.807, 2.05) is 12.4 Å². The Morgan fingerprint density at radius 1 is 1.24 bits per heavy atom. The second-order valence-electron chi connectivity index (χ2n) is 6.25. The lowest BCUT2D eigenvalue weighted by molar-refractivity contribution is 0.435. The molecule has 1 aromatic heterocycles.